The molecule has 0 saturated heterocycles. The second kappa shape index (κ2) is 10.5. The van der Waals surface area contributed by atoms with Gasteiger partial charge in [-0.05, 0) is 26.0 Å². The van der Waals surface area contributed by atoms with Crippen LogP contribution in [-0.2, 0) is 23.6 Å². The van der Waals surface area contributed by atoms with Gasteiger partial charge in [-0.25, -0.2) is 24.4 Å². The highest BCUT2D eigenvalue weighted by molar-refractivity contribution is 7.57. The zero-order valence-corrected chi connectivity index (χ0v) is 19.8. The molecule has 4 atom stereocenters. The number of nitrogens with one attached hydrogen (secondary N) is 1. The molecule has 0 bridgehead atoms. The molecular formula is C21H24FN6O6P. The Labute approximate surface area is 199 Å². The Morgan fingerprint density at radius 3 is 2.83 bits per heavy atom. The molecule has 2 unspecified atom stereocenters. The quantitative estimate of drug-likeness (QED) is 0.308. The van der Waals surface area contributed by atoms with Crippen LogP contribution in [0.3, 0.4) is 0 Å². The number of aromatic nitrogens is 4. The highest BCUT2D eigenvalue weighted by Crippen LogP contribution is 2.45. The summed E-state index contributed by atoms with van der Waals surface area (Å²) in [5.41, 5.74) is 6.35. The molecule has 2 aromatic heterocycles. The summed E-state index contributed by atoms with van der Waals surface area (Å²) in [5.74, 6) is -0.847. The summed E-state index contributed by atoms with van der Waals surface area (Å²) in [6.45, 7) is 3.30. The van der Waals surface area contributed by atoms with Crippen LogP contribution >= 0.6 is 7.52 Å². The summed E-state index contributed by atoms with van der Waals surface area (Å²) in [4.78, 5) is 24.1. The summed E-state index contributed by atoms with van der Waals surface area (Å²) in [6.07, 6.45) is 0.676. The number of nitrogen functional groups attached to an aromatic ring is 1. The topological polar surface area (TPSA) is 153 Å². The molecule has 3 N–H and O–H groups in total. The lowest BCUT2D eigenvalue weighted by atomic mass is 10.3. The lowest BCUT2D eigenvalue weighted by molar-refractivity contribution is -0.144. The number of nitrogens with two attached hydrogens (primary N) is 1. The average Bonchev–Trinajstić information content (AvgIpc) is 3.42. The number of hydrogen-bond acceptors (Lipinski definition) is 10. The molecule has 35 heavy (non-hydrogen) atoms. The van der Waals surface area contributed by atoms with Crippen LogP contribution in [0.1, 0.15) is 20.1 Å². The highest BCUT2D eigenvalue weighted by Gasteiger charge is 2.36. The Bertz CT molecular complexity index is 1270. The van der Waals surface area contributed by atoms with Gasteiger partial charge in [0, 0.05) is 6.08 Å². The van der Waals surface area contributed by atoms with E-state index >= 15 is 0 Å². The van der Waals surface area contributed by atoms with E-state index < -0.39 is 44.2 Å². The highest BCUT2D eigenvalue weighted by atomic mass is 31.2. The summed E-state index contributed by atoms with van der Waals surface area (Å²) >= 11 is 0. The zero-order chi connectivity index (χ0) is 25.0. The van der Waals surface area contributed by atoms with Gasteiger partial charge < -0.3 is 24.5 Å². The van der Waals surface area contributed by atoms with Crippen LogP contribution < -0.4 is 15.3 Å². The molecule has 1 aromatic carbocycles. The summed E-state index contributed by atoms with van der Waals surface area (Å²) in [5, 5.41) is 2.65. The SMILES string of the molecule is CCOC(=O)C(C)N[P@](=O)(CO[C@@H]1C=C(F)C(n2cnc3c(N)ncnc32)O1)Oc1ccccc1. The molecule has 0 spiro atoms. The first-order valence-electron chi connectivity index (χ1n) is 10.6. The van der Waals surface area contributed by atoms with Crippen LogP contribution in [0.5, 0.6) is 5.75 Å². The first-order chi connectivity index (χ1) is 16.8. The molecule has 4 rings (SSSR count). The number of carbonyl (C=O) groups is 1. The normalized spacial score (nSPS) is 20.3. The maximum absolute atomic E-state index is 14.8. The molecule has 0 amide bonds. The molecule has 1 aliphatic rings. The summed E-state index contributed by atoms with van der Waals surface area (Å²) < 4.78 is 51.5. The van der Waals surface area contributed by atoms with Crippen LogP contribution in [0.15, 0.2) is 54.9 Å². The van der Waals surface area contributed by atoms with Crippen LogP contribution in [0.2, 0.25) is 0 Å². The molecule has 14 heteroatoms. The fourth-order valence-corrected chi connectivity index (χ4v) is 4.98. The Balaban J connectivity index is 1.47. The largest absolute Gasteiger partial charge is 0.465 e. The smallest absolute Gasteiger partial charge is 0.342 e. The van der Waals surface area contributed by atoms with E-state index in [1.54, 1.807) is 37.3 Å². The number of fused-ring (bicyclic) bond motifs is 1. The van der Waals surface area contributed by atoms with Crippen molar-refractivity contribution in [2.45, 2.75) is 32.4 Å². The van der Waals surface area contributed by atoms with Gasteiger partial charge in [0.15, 0.2) is 36.2 Å². The molecule has 0 radical (unpaired) electrons. The fraction of sp³-hybridized carbons (Fsp3) is 0.333. The third kappa shape index (κ3) is 5.65. The van der Waals surface area contributed by atoms with Crippen molar-refractivity contribution in [2.24, 2.45) is 0 Å². The number of carbonyl (C=O) groups excluding carboxylic acids is 1. The van der Waals surface area contributed by atoms with Crippen molar-refractivity contribution in [1.82, 2.24) is 24.6 Å². The van der Waals surface area contributed by atoms with Gasteiger partial charge in [0.2, 0.25) is 0 Å². The molecule has 12 nitrogen and oxygen atoms in total. The van der Waals surface area contributed by atoms with Crippen molar-refractivity contribution >= 4 is 30.5 Å². The molecule has 3 heterocycles. The standard InChI is InChI=1S/C21H24FN6O6P/c1-3-31-21(29)13(2)27-35(30,34-14-7-5-4-6-8-14)12-32-16-9-15(22)20(33-16)28-11-26-17-18(23)24-10-25-19(17)28/h4-11,13,16,20H,3,12H2,1-2H3,(H,27,30)(H2,23,24,25)/t13?,16-,20?,35-/m0/s1. The van der Waals surface area contributed by atoms with Crippen molar-refractivity contribution in [2.75, 3.05) is 18.7 Å². The van der Waals surface area contributed by atoms with Crippen molar-refractivity contribution in [3.63, 3.8) is 0 Å². The zero-order valence-electron chi connectivity index (χ0n) is 18.9. The van der Waals surface area contributed by atoms with Crippen LogP contribution in [0.4, 0.5) is 10.2 Å². The number of para-hydroxylation sites is 1. The minimum Gasteiger partial charge on any atom is -0.465 e. The van der Waals surface area contributed by atoms with E-state index in [9.17, 15) is 13.8 Å². The molecule has 186 valence electrons. The molecular weight excluding hydrogens is 482 g/mol. The van der Waals surface area contributed by atoms with Crippen molar-refractivity contribution in [1.29, 1.82) is 0 Å². The maximum Gasteiger partial charge on any atom is 0.342 e. The van der Waals surface area contributed by atoms with Gasteiger partial charge in [0.25, 0.3) is 0 Å². The predicted molar refractivity (Wildman–Crippen MR) is 123 cm³/mol. The first kappa shape index (κ1) is 24.7. The van der Waals surface area contributed by atoms with Gasteiger partial charge in [0.05, 0.1) is 12.9 Å². The van der Waals surface area contributed by atoms with Crippen LogP contribution in [0.25, 0.3) is 11.2 Å². The second-order valence-electron chi connectivity index (χ2n) is 7.47. The fourth-order valence-electron chi connectivity index (χ4n) is 3.30. The van der Waals surface area contributed by atoms with Crippen LogP contribution in [0, 0.1) is 0 Å². The molecule has 3 aromatic rings. The van der Waals surface area contributed by atoms with E-state index in [1.807, 2.05) is 0 Å². The first-order valence-corrected chi connectivity index (χ1v) is 12.5. The number of halogens is 1. The average molecular weight is 506 g/mol. The number of ether oxygens (including phenoxy) is 3. The van der Waals surface area contributed by atoms with E-state index in [2.05, 4.69) is 20.0 Å². The van der Waals surface area contributed by atoms with Crippen molar-refractivity contribution in [3.05, 3.63) is 54.9 Å². The lowest BCUT2D eigenvalue weighted by Gasteiger charge is -2.24. The Morgan fingerprint density at radius 1 is 1.31 bits per heavy atom. The van der Waals surface area contributed by atoms with Crippen LogP contribution in [-0.4, -0.2) is 50.8 Å². The maximum atomic E-state index is 14.8. The lowest BCUT2D eigenvalue weighted by Crippen LogP contribution is -2.36. The van der Waals surface area contributed by atoms with Gasteiger partial charge >= 0.3 is 13.5 Å². The number of imidazole rings is 1. The molecule has 0 fully saturated rings. The molecule has 0 saturated carbocycles. The Hall–Kier alpha value is -3.38. The number of nitrogens with zero attached hydrogens (tertiary/aromatic N) is 4. The molecule has 1 aliphatic heterocycles. The number of rotatable bonds is 10. The number of benzene rings is 1. The van der Waals surface area contributed by atoms with Crippen molar-refractivity contribution in [3.8, 4) is 5.75 Å². The van der Waals surface area contributed by atoms with E-state index in [0.29, 0.717) is 5.52 Å². The minimum absolute atomic E-state index is 0.143. The number of anilines is 1. The summed E-state index contributed by atoms with van der Waals surface area (Å²) in [6, 6.07) is 7.40. The number of esters is 1. The predicted octanol–water partition coefficient (Wildman–Crippen LogP) is 2.90. The van der Waals surface area contributed by atoms with Gasteiger partial charge in [-0.2, -0.15) is 0 Å². The monoisotopic (exact) mass is 506 g/mol. The Kier molecular flexibility index (Phi) is 7.41. The van der Waals surface area contributed by atoms with Gasteiger partial charge in [-0.15, -0.1) is 0 Å². The van der Waals surface area contributed by atoms with E-state index in [0.717, 1.165) is 6.08 Å². The Morgan fingerprint density at radius 2 is 2.09 bits per heavy atom. The van der Waals surface area contributed by atoms with Gasteiger partial charge in [0.1, 0.15) is 23.6 Å². The number of hydrogen-bond donors (Lipinski definition) is 2. The summed E-state index contributed by atoms with van der Waals surface area (Å²) in [7, 11) is -3.83. The third-order valence-electron chi connectivity index (χ3n) is 4.87. The third-order valence-corrected chi connectivity index (χ3v) is 6.64. The second-order valence-corrected chi connectivity index (χ2v) is 9.51. The van der Waals surface area contributed by atoms with Crippen molar-refractivity contribution < 1.29 is 32.5 Å². The van der Waals surface area contributed by atoms with Gasteiger partial charge in [-0.3, -0.25) is 13.9 Å². The van der Waals surface area contributed by atoms with E-state index in [4.69, 9.17) is 24.5 Å². The van der Waals surface area contributed by atoms with E-state index in [1.165, 1.54) is 24.1 Å². The van der Waals surface area contributed by atoms with Gasteiger partial charge in [-0.1, -0.05) is 18.2 Å². The van der Waals surface area contributed by atoms with E-state index in [-0.39, 0.29) is 23.8 Å². The minimum atomic E-state index is -3.83. The molecule has 0 aliphatic carbocycles.